The molecule has 0 aromatic heterocycles. The van der Waals surface area contributed by atoms with Crippen LogP contribution in [0, 0.1) is 5.82 Å². The maximum atomic E-state index is 13.5. The summed E-state index contributed by atoms with van der Waals surface area (Å²) in [6, 6.07) is 24.3. The van der Waals surface area contributed by atoms with Gasteiger partial charge in [-0.1, -0.05) is 72.8 Å². The first-order chi connectivity index (χ1) is 13.6. The first-order valence-electron chi connectivity index (χ1n) is 9.06. The van der Waals surface area contributed by atoms with Gasteiger partial charge in [0.05, 0.1) is 6.54 Å². The van der Waals surface area contributed by atoms with Crippen LogP contribution in [0.2, 0.25) is 0 Å². The van der Waals surface area contributed by atoms with Gasteiger partial charge >= 0.3 is 6.03 Å². The molecule has 4 nitrogen and oxygen atoms in total. The fourth-order valence-electron chi connectivity index (χ4n) is 3.63. The lowest BCUT2D eigenvalue weighted by molar-refractivity contribution is -0.132. The molecule has 28 heavy (non-hydrogen) atoms. The second-order valence-electron chi connectivity index (χ2n) is 6.89. The van der Waals surface area contributed by atoms with Crippen molar-refractivity contribution in [2.45, 2.75) is 18.5 Å². The predicted molar refractivity (Wildman–Crippen MR) is 104 cm³/mol. The summed E-state index contributed by atoms with van der Waals surface area (Å²) in [7, 11) is 0. The van der Waals surface area contributed by atoms with Crippen molar-refractivity contribution in [2.75, 3.05) is 0 Å². The largest absolute Gasteiger partial charge is 0.325 e. The Morgan fingerprint density at radius 3 is 2.14 bits per heavy atom. The van der Waals surface area contributed by atoms with Crippen molar-refractivity contribution < 1.29 is 14.0 Å². The third-order valence-electron chi connectivity index (χ3n) is 4.98. The molecule has 0 spiro atoms. The molecule has 1 heterocycles. The zero-order chi connectivity index (χ0) is 19.6. The van der Waals surface area contributed by atoms with E-state index in [4.69, 9.17) is 0 Å². The molecule has 0 unspecified atom stereocenters. The van der Waals surface area contributed by atoms with E-state index in [-0.39, 0.29) is 12.5 Å². The van der Waals surface area contributed by atoms with Crippen molar-refractivity contribution in [3.63, 3.8) is 0 Å². The Kier molecular flexibility index (Phi) is 4.65. The Labute approximate surface area is 162 Å². The monoisotopic (exact) mass is 374 g/mol. The van der Waals surface area contributed by atoms with Gasteiger partial charge in [-0.25, -0.2) is 9.18 Å². The molecule has 1 atom stereocenters. The summed E-state index contributed by atoms with van der Waals surface area (Å²) >= 11 is 0. The summed E-state index contributed by atoms with van der Waals surface area (Å²) in [5, 5.41) is 2.91. The highest BCUT2D eigenvalue weighted by atomic mass is 19.1. The first-order valence-corrected chi connectivity index (χ1v) is 9.06. The minimum Gasteiger partial charge on any atom is -0.319 e. The maximum absolute atomic E-state index is 13.5. The van der Waals surface area contributed by atoms with Crippen molar-refractivity contribution >= 4 is 11.9 Å². The van der Waals surface area contributed by atoms with Gasteiger partial charge in [0.15, 0.2) is 5.54 Å². The molecule has 4 rings (SSSR count). The fraction of sp³-hybridized carbons (Fsp3) is 0.130. The number of benzene rings is 3. The van der Waals surface area contributed by atoms with E-state index in [1.165, 1.54) is 12.1 Å². The van der Waals surface area contributed by atoms with Gasteiger partial charge in [0.1, 0.15) is 5.82 Å². The third-order valence-corrected chi connectivity index (χ3v) is 4.98. The van der Waals surface area contributed by atoms with E-state index >= 15 is 0 Å². The molecule has 3 aromatic carbocycles. The van der Waals surface area contributed by atoms with Gasteiger partial charge in [-0.15, -0.1) is 0 Å². The van der Waals surface area contributed by atoms with Crippen LogP contribution >= 0.6 is 0 Å². The Bertz CT molecular complexity index is 1010. The molecule has 1 N–H and O–H groups in total. The highest BCUT2D eigenvalue weighted by Gasteiger charge is 2.52. The Balaban J connectivity index is 1.72. The number of halogens is 1. The number of imide groups is 1. The molecular formula is C23H19FN2O2. The number of nitrogens with one attached hydrogen (secondary N) is 1. The number of rotatable bonds is 5. The van der Waals surface area contributed by atoms with E-state index in [1.54, 1.807) is 12.1 Å². The summed E-state index contributed by atoms with van der Waals surface area (Å²) in [5.74, 6) is -0.736. The van der Waals surface area contributed by atoms with Crippen molar-refractivity contribution in [3.8, 4) is 0 Å². The van der Waals surface area contributed by atoms with Gasteiger partial charge in [0.2, 0.25) is 0 Å². The minimum absolute atomic E-state index is 0.0196. The minimum atomic E-state index is -1.19. The SMILES string of the molecule is O=C1N[C@](Cc2ccccc2)(c2ccccc2)C(=O)N1Cc1cccc(F)c1. The number of carbonyl (C=O) groups excluding carboxylic acids is 2. The van der Waals surface area contributed by atoms with E-state index in [1.807, 2.05) is 60.7 Å². The normalized spacial score (nSPS) is 19.0. The topological polar surface area (TPSA) is 49.4 Å². The quantitative estimate of drug-likeness (QED) is 0.686. The van der Waals surface area contributed by atoms with E-state index < -0.39 is 17.4 Å². The van der Waals surface area contributed by atoms with Crippen molar-refractivity contribution in [1.29, 1.82) is 0 Å². The van der Waals surface area contributed by atoms with Gasteiger partial charge in [0, 0.05) is 6.42 Å². The number of amides is 3. The van der Waals surface area contributed by atoms with Crippen LogP contribution in [0.15, 0.2) is 84.9 Å². The molecule has 0 bridgehead atoms. The number of carbonyl (C=O) groups is 2. The third kappa shape index (κ3) is 3.27. The summed E-state index contributed by atoms with van der Waals surface area (Å²) in [6.45, 7) is 0.0196. The van der Waals surface area contributed by atoms with Crippen LogP contribution in [-0.2, 0) is 23.3 Å². The smallest absolute Gasteiger partial charge is 0.319 e. The number of nitrogens with zero attached hydrogens (tertiary/aromatic N) is 1. The Morgan fingerprint density at radius 1 is 0.821 bits per heavy atom. The number of hydrogen-bond donors (Lipinski definition) is 1. The number of urea groups is 1. The molecule has 0 saturated carbocycles. The lowest BCUT2D eigenvalue weighted by atomic mass is 9.83. The van der Waals surface area contributed by atoms with Gasteiger partial charge in [-0.3, -0.25) is 9.69 Å². The Hall–Kier alpha value is -3.47. The molecule has 1 aliphatic rings. The van der Waals surface area contributed by atoms with Crippen LogP contribution < -0.4 is 5.32 Å². The molecule has 1 aliphatic heterocycles. The highest BCUT2D eigenvalue weighted by molar-refractivity contribution is 6.07. The average Bonchev–Trinajstić information content (AvgIpc) is 2.94. The first kappa shape index (κ1) is 17.9. The molecule has 0 radical (unpaired) electrons. The van der Waals surface area contributed by atoms with Crippen LogP contribution in [-0.4, -0.2) is 16.8 Å². The highest BCUT2D eigenvalue weighted by Crippen LogP contribution is 2.33. The molecular weight excluding hydrogens is 355 g/mol. The standard InChI is InChI=1S/C23H19FN2O2/c24-20-13-7-10-18(14-20)16-26-21(27)23(25-22(26)28,19-11-5-2-6-12-19)15-17-8-3-1-4-9-17/h1-14H,15-16H2,(H,25,28)/t23-/m1/s1. The summed E-state index contributed by atoms with van der Waals surface area (Å²) in [6.07, 6.45) is 0.335. The summed E-state index contributed by atoms with van der Waals surface area (Å²) in [4.78, 5) is 27.4. The van der Waals surface area contributed by atoms with E-state index in [9.17, 15) is 14.0 Å². The predicted octanol–water partition coefficient (Wildman–Crippen LogP) is 4.02. The fourth-order valence-corrected chi connectivity index (χ4v) is 3.63. The van der Waals surface area contributed by atoms with Crippen LogP contribution in [0.5, 0.6) is 0 Å². The van der Waals surface area contributed by atoms with Crippen LogP contribution in [0.25, 0.3) is 0 Å². The van der Waals surface area contributed by atoms with E-state index in [2.05, 4.69) is 5.32 Å². The maximum Gasteiger partial charge on any atom is 0.325 e. The van der Waals surface area contributed by atoms with Crippen LogP contribution in [0.4, 0.5) is 9.18 Å². The second-order valence-corrected chi connectivity index (χ2v) is 6.89. The van der Waals surface area contributed by atoms with E-state index in [0.29, 0.717) is 12.0 Å². The van der Waals surface area contributed by atoms with Gasteiger partial charge in [0.25, 0.3) is 5.91 Å². The second kappa shape index (κ2) is 7.27. The average molecular weight is 374 g/mol. The van der Waals surface area contributed by atoms with Gasteiger partial charge < -0.3 is 5.32 Å². The molecule has 5 heteroatoms. The van der Waals surface area contributed by atoms with Crippen molar-refractivity contribution in [3.05, 3.63) is 107 Å². The summed E-state index contributed by atoms with van der Waals surface area (Å²) in [5.41, 5.74) is 1.03. The number of hydrogen-bond acceptors (Lipinski definition) is 2. The van der Waals surface area contributed by atoms with Crippen molar-refractivity contribution in [2.24, 2.45) is 0 Å². The molecule has 0 aliphatic carbocycles. The molecule has 1 fully saturated rings. The van der Waals surface area contributed by atoms with Crippen LogP contribution in [0.1, 0.15) is 16.7 Å². The zero-order valence-electron chi connectivity index (χ0n) is 15.1. The molecule has 140 valence electrons. The van der Waals surface area contributed by atoms with Crippen LogP contribution in [0.3, 0.4) is 0 Å². The zero-order valence-corrected chi connectivity index (χ0v) is 15.1. The van der Waals surface area contributed by atoms with Gasteiger partial charge in [-0.2, -0.15) is 0 Å². The lowest BCUT2D eigenvalue weighted by Crippen LogP contribution is -2.46. The molecule has 1 saturated heterocycles. The Morgan fingerprint density at radius 2 is 1.46 bits per heavy atom. The van der Waals surface area contributed by atoms with Crippen molar-refractivity contribution in [1.82, 2.24) is 10.2 Å². The van der Waals surface area contributed by atoms with Gasteiger partial charge in [-0.05, 0) is 28.8 Å². The molecule has 3 amide bonds. The van der Waals surface area contributed by atoms with E-state index in [0.717, 1.165) is 16.0 Å². The summed E-state index contributed by atoms with van der Waals surface area (Å²) < 4.78 is 13.5. The lowest BCUT2D eigenvalue weighted by Gasteiger charge is -2.27. The molecule has 3 aromatic rings.